The summed E-state index contributed by atoms with van der Waals surface area (Å²) in [6, 6.07) is 13.7. The number of hydrogen-bond acceptors (Lipinski definition) is 15. The van der Waals surface area contributed by atoms with Gasteiger partial charge in [-0.3, -0.25) is 19.2 Å². The average molecular weight is 1090 g/mol. The van der Waals surface area contributed by atoms with E-state index >= 15 is 0 Å². The third-order valence-electron chi connectivity index (χ3n) is 12.7. The minimum absolute atomic E-state index is 0.00315. The summed E-state index contributed by atoms with van der Waals surface area (Å²) in [5.41, 5.74) is 4.89. The van der Waals surface area contributed by atoms with Gasteiger partial charge in [0.15, 0.2) is 0 Å². The summed E-state index contributed by atoms with van der Waals surface area (Å²) < 4.78 is 23.8. The number of carbonyl (C=O) groups excluding carboxylic acids is 4. The predicted octanol–water partition coefficient (Wildman–Crippen LogP) is 7.27. The molecule has 20 heteroatoms. The number of aliphatic hydroxyl groups excluding tert-OH is 1. The molecule has 0 radical (unpaired) electrons. The Hall–Kier alpha value is -5.25. The first kappa shape index (κ1) is 57.0. The van der Waals surface area contributed by atoms with E-state index in [4.69, 9.17) is 18.9 Å². The van der Waals surface area contributed by atoms with Crippen LogP contribution >= 0.6 is 27.3 Å². The van der Waals surface area contributed by atoms with Crippen molar-refractivity contribution in [2.75, 3.05) is 83.6 Å². The summed E-state index contributed by atoms with van der Waals surface area (Å²) >= 11 is 5.10. The van der Waals surface area contributed by atoms with E-state index < -0.39 is 35.4 Å². The lowest BCUT2D eigenvalue weighted by Crippen LogP contribution is -2.58. The zero-order chi connectivity index (χ0) is 52.2. The number of amides is 4. The van der Waals surface area contributed by atoms with Crippen LogP contribution in [0, 0.1) is 18.3 Å². The number of nitrogens with zero attached hydrogens (tertiary/aromatic N) is 5. The van der Waals surface area contributed by atoms with Crippen LogP contribution in [0.25, 0.3) is 10.4 Å². The van der Waals surface area contributed by atoms with E-state index in [0.29, 0.717) is 70.9 Å². The number of anilines is 3. The highest BCUT2D eigenvalue weighted by atomic mass is 79.9. The minimum Gasteiger partial charge on any atom is -0.494 e. The fourth-order valence-corrected chi connectivity index (χ4v) is 9.43. The van der Waals surface area contributed by atoms with Crippen LogP contribution in [0.4, 0.5) is 17.5 Å². The van der Waals surface area contributed by atoms with Crippen molar-refractivity contribution >= 4 is 68.3 Å². The van der Waals surface area contributed by atoms with Gasteiger partial charge >= 0.3 is 0 Å². The molecule has 4 aromatic rings. The lowest BCUT2D eigenvalue weighted by Gasteiger charge is -2.35. The van der Waals surface area contributed by atoms with Crippen LogP contribution < -0.4 is 26.0 Å². The van der Waals surface area contributed by atoms with Gasteiger partial charge in [-0.25, -0.2) is 9.97 Å². The van der Waals surface area contributed by atoms with E-state index in [1.807, 2.05) is 93.7 Å². The van der Waals surface area contributed by atoms with Crippen molar-refractivity contribution in [3.05, 3.63) is 76.0 Å². The third kappa shape index (κ3) is 18.3. The number of likely N-dealkylation sites (tertiary alicyclic amines) is 1. The lowest BCUT2D eigenvalue weighted by atomic mass is 9.84. The number of aryl methyl sites for hydroxylation is 1. The fourth-order valence-electron chi connectivity index (χ4n) is 8.29. The van der Waals surface area contributed by atoms with E-state index in [1.165, 1.54) is 4.90 Å². The molecular formula is C53H74BrN9O9S. The number of unbranched alkanes of at least 4 members (excludes halogenated alkanes) is 1. The molecule has 3 unspecified atom stereocenters. The Balaban J connectivity index is 0.763. The van der Waals surface area contributed by atoms with Crippen molar-refractivity contribution in [1.29, 1.82) is 0 Å². The van der Waals surface area contributed by atoms with Crippen molar-refractivity contribution in [2.45, 2.75) is 110 Å². The smallest absolute Gasteiger partial charge is 0.246 e. The quantitative estimate of drug-likeness (QED) is 0.0325. The second kappa shape index (κ2) is 29.0. The first-order chi connectivity index (χ1) is 35.2. The molecular weight excluding hydrogens is 1020 g/mol. The second-order valence-corrected chi connectivity index (χ2v) is 21.4. The predicted molar refractivity (Wildman–Crippen MR) is 286 cm³/mol. The minimum atomic E-state index is -0.940. The van der Waals surface area contributed by atoms with E-state index in [0.717, 1.165) is 82.6 Å². The number of benzene rings is 2. The van der Waals surface area contributed by atoms with Crippen LogP contribution in [0.2, 0.25) is 0 Å². The molecule has 2 fully saturated rings. The number of β-amino-alcohol motifs (C(OH)–C–C–N with tert-alkyl or cyclic N) is 1. The number of thiazole rings is 1. The third-order valence-corrected chi connectivity index (χ3v) is 14.3. The summed E-state index contributed by atoms with van der Waals surface area (Å²) in [6.07, 6.45) is 8.02. The number of rotatable bonds is 30. The van der Waals surface area contributed by atoms with Gasteiger partial charge in [-0.2, -0.15) is 4.98 Å². The lowest BCUT2D eigenvalue weighted by molar-refractivity contribution is -0.144. The number of aromatic nitrogens is 3. The van der Waals surface area contributed by atoms with Gasteiger partial charge in [-0.05, 0) is 102 Å². The molecule has 73 heavy (non-hydrogen) atoms. The molecule has 0 spiro atoms. The fraction of sp³-hybridized carbons (Fsp3) is 0.566. The zero-order valence-corrected chi connectivity index (χ0v) is 45.4. The van der Waals surface area contributed by atoms with Crippen molar-refractivity contribution in [3.8, 4) is 16.2 Å². The Morgan fingerprint density at radius 3 is 2.25 bits per heavy atom. The summed E-state index contributed by atoms with van der Waals surface area (Å²) in [7, 11) is 1.88. The Morgan fingerprint density at radius 1 is 0.904 bits per heavy atom. The molecule has 1 aliphatic heterocycles. The molecule has 1 aliphatic carbocycles. The summed E-state index contributed by atoms with van der Waals surface area (Å²) in [5, 5.41) is 22.9. The van der Waals surface area contributed by atoms with Crippen LogP contribution in [0.1, 0.15) is 89.8 Å². The average Bonchev–Trinajstić information content (AvgIpc) is 3.97. The standard InChI is InChI=1S/C53H74BrN9O9S/c1-36-46(73-35-58-36)38-16-14-37(15-17-38)31-56-49(66)44-30-41(64)33-63(44)51(68)47(53(2,3)4)60-45(65)34-71-28-10-26-69-24-6-7-25-70-27-11-29-72-42-20-18-40(19-21-42)59-52-57-32-43(54)48(61-52)55-22-9-23-62(5)50(67)39-12-8-13-39/h14-21,32,35,39,41,44,47,64H,6-13,22-31,33-34H2,1-5H3,(H,56,66)(H,60,65)(H2,55,57,59,61). The SMILES string of the molecule is Cc1ncsc1-c1ccc(CNC(=O)C2CC(O)CN2C(=O)C(NC(=O)COCCCOCCCCOCCCOc2ccc(Nc3ncc(Br)c(NCCCN(C)C(=O)C4CCC4)n3)cc2)C(C)(C)C)cc1. The van der Waals surface area contributed by atoms with Crippen LogP contribution in [0.15, 0.2) is 64.7 Å². The number of carbonyl (C=O) groups is 4. The number of hydrogen-bond donors (Lipinski definition) is 5. The van der Waals surface area contributed by atoms with Crippen molar-refractivity contribution in [3.63, 3.8) is 0 Å². The molecule has 1 saturated carbocycles. The summed E-state index contributed by atoms with van der Waals surface area (Å²) in [4.78, 5) is 70.4. The first-order valence-electron chi connectivity index (χ1n) is 25.5. The van der Waals surface area contributed by atoms with Gasteiger partial charge in [0.2, 0.25) is 29.6 Å². The number of aliphatic hydroxyl groups is 1. The monoisotopic (exact) mass is 1090 g/mol. The summed E-state index contributed by atoms with van der Waals surface area (Å²) in [6.45, 7) is 12.1. The molecule has 0 bridgehead atoms. The second-order valence-electron chi connectivity index (χ2n) is 19.7. The van der Waals surface area contributed by atoms with E-state index in [2.05, 4.69) is 52.1 Å². The molecule has 5 N–H and O–H groups in total. The molecule has 3 heterocycles. The highest BCUT2D eigenvalue weighted by molar-refractivity contribution is 9.10. The molecule has 398 valence electrons. The molecule has 6 rings (SSSR count). The van der Waals surface area contributed by atoms with Gasteiger partial charge in [-0.15, -0.1) is 11.3 Å². The molecule has 18 nitrogen and oxygen atoms in total. The maximum atomic E-state index is 13.9. The molecule has 2 aromatic heterocycles. The van der Waals surface area contributed by atoms with Crippen LogP contribution in [0.5, 0.6) is 5.75 Å². The Labute approximate surface area is 442 Å². The number of ether oxygens (including phenoxy) is 4. The normalized spacial score (nSPS) is 16.1. The van der Waals surface area contributed by atoms with Crippen molar-refractivity contribution < 1.29 is 43.2 Å². The maximum absolute atomic E-state index is 13.9. The zero-order valence-electron chi connectivity index (χ0n) is 43.0. The Kier molecular flexibility index (Phi) is 22.7. The Morgan fingerprint density at radius 2 is 1.59 bits per heavy atom. The van der Waals surface area contributed by atoms with Gasteiger partial charge in [0.05, 0.1) is 33.3 Å². The van der Waals surface area contributed by atoms with Gasteiger partial charge in [0.25, 0.3) is 0 Å². The van der Waals surface area contributed by atoms with Crippen molar-refractivity contribution in [1.82, 2.24) is 35.4 Å². The number of halogens is 1. The van der Waals surface area contributed by atoms with Crippen LogP contribution in [-0.2, 0) is 39.9 Å². The topological polar surface area (TPSA) is 219 Å². The van der Waals surface area contributed by atoms with Gasteiger partial charge in [0.1, 0.15) is 30.3 Å². The first-order valence-corrected chi connectivity index (χ1v) is 27.1. The Bertz CT molecular complexity index is 2370. The number of nitrogens with one attached hydrogen (secondary N) is 4. The van der Waals surface area contributed by atoms with E-state index in [1.54, 1.807) is 17.5 Å². The highest BCUT2D eigenvalue weighted by Gasteiger charge is 2.44. The van der Waals surface area contributed by atoms with Gasteiger partial charge < -0.3 is 55.1 Å². The highest BCUT2D eigenvalue weighted by Crippen LogP contribution is 2.30. The van der Waals surface area contributed by atoms with Crippen LogP contribution in [0.3, 0.4) is 0 Å². The van der Waals surface area contributed by atoms with Crippen LogP contribution in [-0.4, -0.2) is 145 Å². The van der Waals surface area contributed by atoms with E-state index in [-0.39, 0.29) is 43.8 Å². The maximum Gasteiger partial charge on any atom is 0.246 e. The van der Waals surface area contributed by atoms with Gasteiger partial charge in [0, 0.05) is 96.9 Å². The van der Waals surface area contributed by atoms with Crippen molar-refractivity contribution in [2.24, 2.45) is 11.3 Å². The molecule has 2 aliphatic rings. The molecule has 4 amide bonds. The molecule has 2 aromatic carbocycles. The summed E-state index contributed by atoms with van der Waals surface area (Å²) in [5.74, 6) is 1.14. The largest absolute Gasteiger partial charge is 0.494 e. The van der Waals surface area contributed by atoms with E-state index in [9.17, 15) is 24.3 Å². The van der Waals surface area contributed by atoms with Gasteiger partial charge in [-0.1, -0.05) is 51.5 Å². The molecule has 1 saturated heterocycles. The molecule has 3 atom stereocenters.